The highest BCUT2D eigenvalue weighted by Gasteiger charge is 2.19. The van der Waals surface area contributed by atoms with Crippen molar-refractivity contribution < 1.29 is 14.7 Å². The summed E-state index contributed by atoms with van der Waals surface area (Å²) in [6.45, 7) is 0. The molecule has 2 aromatic rings. The van der Waals surface area contributed by atoms with Gasteiger partial charge in [0.05, 0.1) is 11.2 Å². The minimum atomic E-state index is -0.994. The first kappa shape index (κ1) is 12.8. The SMILES string of the molecule is O=C(O)C[C@H](Br)C(=O)c1ccc2ccccc2c1. The Morgan fingerprint density at radius 1 is 1.11 bits per heavy atom. The van der Waals surface area contributed by atoms with Crippen LogP contribution >= 0.6 is 15.9 Å². The molecule has 0 aliphatic carbocycles. The van der Waals surface area contributed by atoms with Crippen LogP contribution in [0.15, 0.2) is 42.5 Å². The molecule has 0 unspecified atom stereocenters. The summed E-state index contributed by atoms with van der Waals surface area (Å²) < 4.78 is 0. The first-order valence-corrected chi connectivity index (χ1v) is 6.38. The zero-order valence-electron chi connectivity index (χ0n) is 9.47. The lowest BCUT2D eigenvalue weighted by molar-refractivity contribution is -0.136. The molecule has 0 heterocycles. The lowest BCUT2D eigenvalue weighted by atomic mass is 10.0. The number of carboxylic acids is 1. The van der Waals surface area contributed by atoms with Crippen LogP contribution in [0, 0.1) is 0 Å². The van der Waals surface area contributed by atoms with E-state index in [2.05, 4.69) is 15.9 Å². The van der Waals surface area contributed by atoms with Crippen molar-refractivity contribution in [1.29, 1.82) is 0 Å². The van der Waals surface area contributed by atoms with Crippen LogP contribution in [0.1, 0.15) is 16.8 Å². The van der Waals surface area contributed by atoms with Crippen LogP contribution in [0.2, 0.25) is 0 Å². The van der Waals surface area contributed by atoms with E-state index in [0.717, 1.165) is 10.8 Å². The van der Waals surface area contributed by atoms with Crippen LogP contribution in [-0.4, -0.2) is 21.7 Å². The summed E-state index contributed by atoms with van der Waals surface area (Å²) in [7, 11) is 0. The predicted molar refractivity (Wildman–Crippen MR) is 73.2 cm³/mol. The van der Waals surface area contributed by atoms with Crippen LogP contribution in [-0.2, 0) is 4.79 Å². The van der Waals surface area contributed by atoms with Gasteiger partial charge in [-0.25, -0.2) is 0 Å². The molecule has 0 bridgehead atoms. The van der Waals surface area contributed by atoms with Crippen molar-refractivity contribution in [3.05, 3.63) is 48.0 Å². The van der Waals surface area contributed by atoms with E-state index in [1.54, 1.807) is 12.1 Å². The maximum absolute atomic E-state index is 12.0. The molecule has 0 saturated heterocycles. The number of halogens is 1. The molecule has 92 valence electrons. The van der Waals surface area contributed by atoms with Crippen LogP contribution in [0.25, 0.3) is 10.8 Å². The lowest BCUT2D eigenvalue weighted by Gasteiger charge is -2.07. The van der Waals surface area contributed by atoms with Gasteiger partial charge >= 0.3 is 5.97 Å². The van der Waals surface area contributed by atoms with E-state index in [4.69, 9.17) is 5.11 Å². The summed E-state index contributed by atoms with van der Waals surface area (Å²) in [4.78, 5) is 21.9. The molecule has 0 aliphatic rings. The molecule has 0 radical (unpaired) electrons. The van der Waals surface area contributed by atoms with Crippen molar-refractivity contribution >= 4 is 38.5 Å². The quantitative estimate of drug-likeness (QED) is 0.697. The molecule has 0 aromatic heterocycles. The molecular weight excluding hydrogens is 296 g/mol. The number of carboxylic acid groups (broad SMARTS) is 1. The molecule has 0 fully saturated rings. The molecule has 4 heteroatoms. The molecule has 0 amide bonds. The summed E-state index contributed by atoms with van der Waals surface area (Å²) in [6.07, 6.45) is -0.217. The zero-order chi connectivity index (χ0) is 13.1. The highest BCUT2D eigenvalue weighted by atomic mass is 79.9. The second-order valence-corrected chi connectivity index (χ2v) is 5.10. The molecule has 1 N–H and O–H groups in total. The fourth-order valence-electron chi connectivity index (χ4n) is 1.77. The van der Waals surface area contributed by atoms with Gasteiger partial charge in [-0.3, -0.25) is 9.59 Å². The third kappa shape index (κ3) is 2.76. The molecule has 0 aliphatic heterocycles. The maximum Gasteiger partial charge on any atom is 0.304 e. The van der Waals surface area contributed by atoms with E-state index in [-0.39, 0.29) is 12.2 Å². The molecule has 2 rings (SSSR count). The van der Waals surface area contributed by atoms with Gasteiger partial charge in [-0.1, -0.05) is 52.3 Å². The Kier molecular flexibility index (Phi) is 3.77. The van der Waals surface area contributed by atoms with Gasteiger partial charge in [0.25, 0.3) is 0 Å². The van der Waals surface area contributed by atoms with E-state index in [1.165, 1.54) is 0 Å². The number of benzene rings is 2. The van der Waals surface area contributed by atoms with E-state index >= 15 is 0 Å². The van der Waals surface area contributed by atoms with E-state index in [1.807, 2.05) is 30.3 Å². The van der Waals surface area contributed by atoms with Crippen molar-refractivity contribution in [2.45, 2.75) is 11.2 Å². The molecule has 0 spiro atoms. The van der Waals surface area contributed by atoms with Gasteiger partial charge in [0.1, 0.15) is 0 Å². The summed E-state index contributed by atoms with van der Waals surface area (Å²) in [6, 6.07) is 13.1. The van der Waals surface area contributed by atoms with Crippen molar-refractivity contribution in [2.75, 3.05) is 0 Å². The number of carbonyl (C=O) groups is 2. The van der Waals surface area contributed by atoms with Gasteiger partial charge in [0.15, 0.2) is 5.78 Å². The third-order valence-electron chi connectivity index (χ3n) is 2.67. The first-order chi connectivity index (χ1) is 8.58. The second-order valence-electron chi connectivity index (χ2n) is 3.99. The Morgan fingerprint density at radius 2 is 1.78 bits per heavy atom. The molecule has 3 nitrogen and oxygen atoms in total. The normalized spacial score (nSPS) is 12.3. The molecule has 1 atom stereocenters. The van der Waals surface area contributed by atoms with Crippen LogP contribution < -0.4 is 0 Å². The number of ketones is 1. The van der Waals surface area contributed by atoms with Crippen molar-refractivity contribution in [3.63, 3.8) is 0 Å². The Labute approximate surface area is 113 Å². The monoisotopic (exact) mass is 306 g/mol. The van der Waals surface area contributed by atoms with Crippen molar-refractivity contribution in [3.8, 4) is 0 Å². The number of Topliss-reactive ketones (excluding diaryl/α,β-unsaturated/α-hetero) is 1. The van der Waals surface area contributed by atoms with Crippen molar-refractivity contribution in [1.82, 2.24) is 0 Å². The van der Waals surface area contributed by atoms with Gasteiger partial charge in [0, 0.05) is 5.56 Å². The van der Waals surface area contributed by atoms with Gasteiger partial charge in [0.2, 0.25) is 0 Å². The summed E-state index contributed by atoms with van der Waals surface area (Å²) in [5.74, 6) is -1.20. The Balaban J connectivity index is 2.30. The molecule has 18 heavy (non-hydrogen) atoms. The Morgan fingerprint density at radius 3 is 2.44 bits per heavy atom. The standard InChI is InChI=1S/C14H11BrO3/c15-12(8-13(16)17)14(18)11-6-5-9-3-1-2-4-10(9)7-11/h1-7,12H,8H2,(H,16,17)/t12-/m0/s1. The second kappa shape index (κ2) is 5.31. The smallest absolute Gasteiger partial charge is 0.304 e. The maximum atomic E-state index is 12.0. The highest BCUT2D eigenvalue weighted by molar-refractivity contribution is 9.10. The summed E-state index contributed by atoms with van der Waals surface area (Å²) in [5, 5.41) is 10.7. The Hall–Kier alpha value is -1.68. The fraction of sp³-hybridized carbons (Fsp3) is 0.143. The highest BCUT2D eigenvalue weighted by Crippen LogP contribution is 2.19. The summed E-state index contributed by atoms with van der Waals surface area (Å²) >= 11 is 3.11. The summed E-state index contributed by atoms with van der Waals surface area (Å²) in [5.41, 5.74) is 0.525. The number of rotatable bonds is 4. The van der Waals surface area contributed by atoms with E-state index in [0.29, 0.717) is 5.56 Å². The predicted octanol–water partition coefficient (Wildman–Crippen LogP) is 3.26. The van der Waals surface area contributed by atoms with Gasteiger partial charge < -0.3 is 5.11 Å². The van der Waals surface area contributed by atoms with Crippen molar-refractivity contribution in [2.24, 2.45) is 0 Å². The average molecular weight is 307 g/mol. The van der Waals surface area contributed by atoms with Crippen LogP contribution in [0.4, 0.5) is 0 Å². The molecular formula is C14H11BrO3. The average Bonchev–Trinajstić information content (AvgIpc) is 2.36. The van der Waals surface area contributed by atoms with Crippen LogP contribution in [0.5, 0.6) is 0 Å². The zero-order valence-corrected chi connectivity index (χ0v) is 11.1. The molecule has 2 aromatic carbocycles. The third-order valence-corrected chi connectivity index (χ3v) is 3.41. The van der Waals surface area contributed by atoms with Gasteiger partial charge in [-0.2, -0.15) is 0 Å². The number of aliphatic carboxylic acids is 1. The molecule has 0 saturated carbocycles. The fourth-order valence-corrected chi connectivity index (χ4v) is 2.31. The number of hydrogen-bond acceptors (Lipinski definition) is 2. The number of hydrogen-bond donors (Lipinski definition) is 1. The van der Waals surface area contributed by atoms with Gasteiger partial charge in [-0.15, -0.1) is 0 Å². The number of fused-ring (bicyclic) bond motifs is 1. The number of alkyl halides is 1. The van der Waals surface area contributed by atoms with E-state index < -0.39 is 10.8 Å². The van der Waals surface area contributed by atoms with E-state index in [9.17, 15) is 9.59 Å². The first-order valence-electron chi connectivity index (χ1n) is 5.47. The van der Waals surface area contributed by atoms with Gasteiger partial charge in [-0.05, 0) is 16.8 Å². The largest absolute Gasteiger partial charge is 0.481 e. The minimum absolute atomic E-state index is 0.205. The minimum Gasteiger partial charge on any atom is -0.481 e. The topological polar surface area (TPSA) is 54.4 Å². The Bertz CT molecular complexity index is 607. The van der Waals surface area contributed by atoms with Crippen LogP contribution in [0.3, 0.4) is 0 Å². The number of carbonyl (C=O) groups excluding carboxylic acids is 1. The lowest BCUT2D eigenvalue weighted by Crippen LogP contribution is -2.18.